The molecule has 1 aromatic carbocycles. The fourth-order valence-corrected chi connectivity index (χ4v) is 1.70. The lowest BCUT2D eigenvalue weighted by atomic mass is 10.1. The predicted octanol–water partition coefficient (Wildman–Crippen LogP) is 2.28. The van der Waals surface area contributed by atoms with Crippen molar-refractivity contribution >= 4 is 5.91 Å². The van der Waals surface area contributed by atoms with Crippen LogP contribution in [-0.4, -0.2) is 13.0 Å². The average Bonchev–Trinajstić information content (AvgIpc) is 2.92. The number of hydrogen-bond donors (Lipinski definition) is 1. The summed E-state index contributed by atoms with van der Waals surface area (Å²) in [6.07, 6.45) is 0.980. The molecule has 0 aliphatic carbocycles. The zero-order valence-corrected chi connectivity index (χ0v) is 10.1. The van der Waals surface area contributed by atoms with Crippen LogP contribution in [0.2, 0.25) is 0 Å². The summed E-state index contributed by atoms with van der Waals surface area (Å²) in [5, 5.41) is 2.78. The molecule has 0 radical (unpaired) electrons. The van der Waals surface area contributed by atoms with Crippen molar-refractivity contribution in [1.29, 1.82) is 0 Å². The molecule has 94 valence electrons. The van der Waals surface area contributed by atoms with Crippen LogP contribution in [0.15, 0.2) is 53.1 Å². The van der Waals surface area contributed by atoms with Crippen LogP contribution < -0.4 is 5.32 Å². The zero-order chi connectivity index (χ0) is 12.8. The number of methoxy groups -OCH3 is 1. The van der Waals surface area contributed by atoms with Crippen molar-refractivity contribution in [3.05, 3.63) is 60.1 Å². The third-order valence-electron chi connectivity index (χ3n) is 2.59. The number of rotatable bonds is 5. The van der Waals surface area contributed by atoms with Gasteiger partial charge in [-0.2, -0.15) is 0 Å². The second kappa shape index (κ2) is 6.02. The van der Waals surface area contributed by atoms with E-state index in [1.54, 1.807) is 12.3 Å². The molecule has 0 saturated carbocycles. The van der Waals surface area contributed by atoms with E-state index < -0.39 is 6.10 Å². The van der Waals surface area contributed by atoms with Crippen LogP contribution in [0.5, 0.6) is 0 Å². The van der Waals surface area contributed by atoms with Gasteiger partial charge in [-0.3, -0.25) is 4.79 Å². The standard InChI is InChI=1S/C14H15NO3/c1-17-13(11-6-3-2-4-7-11)14(16)15-10-12-8-5-9-18-12/h2-9,13H,10H2,1H3,(H,15,16)/t13-/m0/s1. The minimum atomic E-state index is -0.596. The second-order valence-electron chi connectivity index (χ2n) is 3.82. The van der Waals surface area contributed by atoms with Gasteiger partial charge in [-0.15, -0.1) is 0 Å². The topological polar surface area (TPSA) is 51.5 Å². The van der Waals surface area contributed by atoms with Gasteiger partial charge >= 0.3 is 0 Å². The van der Waals surface area contributed by atoms with Gasteiger partial charge in [0.25, 0.3) is 5.91 Å². The number of nitrogens with one attached hydrogen (secondary N) is 1. The first kappa shape index (κ1) is 12.4. The maximum atomic E-state index is 12.0. The number of benzene rings is 1. The van der Waals surface area contributed by atoms with Crippen LogP contribution in [0.3, 0.4) is 0 Å². The summed E-state index contributed by atoms with van der Waals surface area (Å²) >= 11 is 0. The molecule has 18 heavy (non-hydrogen) atoms. The maximum absolute atomic E-state index is 12.0. The Bertz CT molecular complexity index is 479. The molecule has 4 nitrogen and oxygen atoms in total. The third kappa shape index (κ3) is 2.99. The summed E-state index contributed by atoms with van der Waals surface area (Å²) in [5.74, 6) is 0.534. The molecular weight excluding hydrogens is 230 g/mol. The van der Waals surface area contributed by atoms with Crippen molar-refractivity contribution < 1.29 is 13.9 Å². The minimum absolute atomic E-state index is 0.180. The van der Waals surface area contributed by atoms with E-state index >= 15 is 0 Å². The summed E-state index contributed by atoms with van der Waals surface area (Å²) in [4.78, 5) is 12.0. The van der Waals surface area contributed by atoms with Crippen LogP contribution in [0.4, 0.5) is 0 Å². The largest absolute Gasteiger partial charge is 0.467 e. The highest BCUT2D eigenvalue weighted by atomic mass is 16.5. The van der Waals surface area contributed by atoms with Gasteiger partial charge in [0.15, 0.2) is 6.10 Å². The Balaban J connectivity index is 1.98. The van der Waals surface area contributed by atoms with E-state index in [4.69, 9.17) is 9.15 Å². The smallest absolute Gasteiger partial charge is 0.254 e. The Kier molecular flexibility index (Phi) is 4.15. The van der Waals surface area contributed by atoms with Gasteiger partial charge in [-0.1, -0.05) is 30.3 Å². The molecule has 1 heterocycles. The normalized spacial score (nSPS) is 12.1. The van der Waals surface area contributed by atoms with E-state index in [9.17, 15) is 4.79 Å². The van der Waals surface area contributed by atoms with E-state index in [1.165, 1.54) is 7.11 Å². The second-order valence-corrected chi connectivity index (χ2v) is 3.82. The first-order valence-corrected chi connectivity index (χ1v) is 5.69. The molecule has 0 bridgehead atoms. The van der Waals surface area contributed by atoms with Crippen molar-refractivity contribution in [1.82, 2.24) is 5.32 Å². The lowest BCUT2D eigenvalue weighted by molar-refractivity contribution is -0.131. The third-order valence-corrected chi connectivity index (χ3v) is 2.59. The van der Waals surface area contributed by atoms with Crippen molar-refractivity contribution in [3.63, 3.8) is 0 Å². The number of carbonyl (C=O) groups is 1. The molecule has 4 heteroatoms. The molecule has 1 aromatic heterocycles. The minimum Gasteiger partial charge on any atom is -0.467 e. The van der Waals surface area contributed by atoms with Gasteiger partial charge in [0.2, 0.25) is 0 Å². The van der Waals surface area contributed by atoms with Crippen molar-refractivity contribution in [2.45, 2.75) is 12.6 Å². The maximum Gasteiger partial charge on any atom is 0.254 e. The fraction of sp³-hybridized carbons (Fsp3) is 0.214. The first-order chi connectivity index (χ1) is 8.81. The van der Waals surface area contributed by atoms with Crippen LogP contribution in [0, 0.1) is 0 Å². The predicted molar refractivity (Wildman–Crippen MR) is 66.7 cm³/mol. The van der Waals surface area contributed by atoms with E-state index in [2.05, 4.69) is 5.32 Å². The van der Waals surface area contributed by atoms with Gasteiger partial charge in [-0.25, -0.2) is 0 Å². The molecule has 2 rings (SSSR count). The number of amides is 1. The summed E-state index contributed by atoms with van der Waals surface area (Å²) in [6.45, 7) is 0.360. The highest BCUT2D eigenvalue weighted by Gasteiger charge is 2.19. The van der Waals surface area contributed by atoms with E-state index in [-0.39, 0.29) is 5.91 Å². The highest BCUT2D eigenvalue weighted by Crippen LogP contribution is 2.16. The number of furan rings is 1. The number of hydrogen-bond acceptors (Lipinski definition) is 3. The van der Waals surface area contributed by atoms with Gasteiger partial charge in [-0.05, 0) is 17.7 Å². The zero-order valence-electron chi connectivity index (χ0n) is 10.1. The summed E-state index contributed by atoms with van der Waals surface area (Å²) in [6, 6.07) is 13.0. The van der Waals surface area contributed by atoms with Crippen molar-refractivity contribution in [2.24, 2.45) is 0 Å². The molecule has 0 aliphatic rings. The molecule has 0 spiro atoms. The Morgan fingerprint density at radius 1 is 1.28 bits per heavy atom. The average molecular weight is 245 g/mol. The van der Waals surface area contributed by atoms with E-state index in [1.807, 2.05) is 36.4 Å². The monoisotopic (exact) mass is 245 g/mol. The Morgan fingerprint density at radius 2 is 2.06 bits per heavy atom. The van der Waals surface area contributed by atoms with Gasteiger partial charge < -0.3 is 14.5 Å². The summed E-state index contributed by atoms with van der Waals surface area (Å²) < 4.78 is 10.4. The molecule has 0 aliphatic heterocycles. The summed E-state index contributed by atoms with van der Waals surface area (Å²) in [5.41, 5.74) is 0.831. The number of carbonyl (C=O) groups excluding carboxylic acids is 1. The van der Waals surface area contributed by atoms with Crippen molar-refractivity contribution in [3.8, 4) is 0 Å². The Morgan fingerprint density at radius 3 is 2.67 bits per heavy atom. The van der Waals surface area contributed by atoms with Crippen LogP contribution in [0.25, 0.3) is 0 Å². The quantitative estimate of drug-likeness (QED) is 0.879. The summed E-state index contributed by atoms with van der Waals surface area (Å²) in [7, 11) is 1.52. The molecule has 2 aromatic rings. The molecule has 1 atom stereocenters. The lowest BCUT2D eigenvalue weighted by Gasteiger charge is -2.15. The van der Waals surface area contributed by atoms with Gasteiger partial charge in [0.05, 0.1) is 12.8 Å². The fourth-order valence-electron chi connectivity index (χ4n) is 1.70. The highest BCUT2D eigenvalue weighted by molar-refractivity contribution is 5.82. The Labute approximate surface area is 106 Å². The van der Waals surface area contributed by atoms with Crippen molar-refractivity contribution in [2.75, 3.05) is 7.11 Å². The molecule has 1 N–H and O–H groups in total. The molecule has 0 saturated heterocycles. The van der Waals surface area contributed by atoms with Gasteiger partial charge in [0, 0.05) is 7.11 Å². The lowest BCUT2D eigenvalue weighted by Crippen LogP contribution is -2.29. The SMILES string of the molecule is CO[C@H](C(=O)NCc1ccco1)c1ccccc1. The number of ether oxygens (including phenoxy) is 1. The van der Waals surface area contributed by atoms with E-state index in [0.29, 0.717) is 12.3 Å². The first-order valence-electron chi connectivity index (χ1n) is 5.69. The molecule has 0 fully saturated rings. The molecule has 0 unspecified atom stereocenters. The van der Waals surface area contributed by atoms with E-state index in [0.717, 1.165) is 5.56 Å². The Hall–Kier alpha value is -2.07. The van der Waals surface area contributed by atoms with Crippen LogP contribution in [-0.2, 0) is 16.1 Å². The van der Waals surface area contributed by atoms with Crippen LogP contribution >= 0.6 is 0 Å². The van der Waals surface area contributed by atoms with Crippen LogP contribution in [0.1, 0.15) is 17.4 Å². The molecule has 1 amide bonds. The molecular formula is C14H15NO3. The van der Waals surface area contributed by atoms with Gasteiger partial charge in [0.1, 0.15) is 5.76 Å².